The predicted molar refractivity (Wildman–Crippen MR) is 253 cm³/mol. The van der Waals surface area contributed by atoms with Crippen molar-refractivity contribution in [1.82, 2.24) is 0 Å². The van der Waals surface area contributed by atoms with Crippen molar-refractivity contribution in [3.8, 4) is 44.5 Å². The van der Waals surface area contributed by atoms with Crippen molar-refractivity contribution < 1.29 is 0 Å². The van der Waals surface area contributed by atoms with E-state index in [1.807, 2.05) is 0 Å². The van der Waals surface area contributed by atoms with Crippen molar-refractivity contribution in [2.75, 3.05) is 4.90 Å². The van der Waals surface area contributed by atoms with Gasteiger partial charge in [0.05, 0.1) is 0 Å². The van der Waals surface area contributed by atoms with Gasteiger partial charge in [0.25, 0.3) is 0 Å². The Morgan fingerprint density at radius 2 is 0.712 bits per heavy atom. The zero-order valence-electron chi connectivity index (χ0n) is 32.5. The molecule has 59 heavy (non-hydrogen) atoms. The summed E-state index contributed by atoms with van der Waals surface area (Å²) in [6.45, 7) is 0. The first-order chi connectivity index (χ1) is 29.2. The van der Waals surface area contributed by atoms with Gasteiger partial charge in [-0.1, -0.05) is 194 Å². The lowest BCUT2D eigenvalue weighted by Gasteiger charge is -2.27. The number of fused-ring (bicyclic) bond motifs is 5. The van der Waals surface area contributed by atoms with Crippen LogP contribution in [0.4, 0.5) is 17.1 Å². The largest absolute Gasteiger partial charge is 0.310 e. The molecule has 0 bridgehead atoms. The molecular formula is C58H39N. The van der Waals surface area contributed by atoms with E-state index in [1.165, 1.54) is 87.6 Å². The van der Waals surface area contributed by atoms with Gasteiger partial charge in [0.15, 0.2) is 0 Å². The molecule has 0 heterocycles. The fraction of sp³-hybridized carbons (Fsp3) is 0. The van der Waals surface area contributed by atoms with Crippen LogP contribution in [-0.4, -0.2) is 0 Å². The van der Waals surface area contributed by atoms with Crippen LogP contribution >= 0.6 is 0 Å². The quantitative estimate of drug-likeness (QED) is 0.147. The third-order valence-electron chi connectivity index (χ3n) is 11.8. The van der Waals surface area contributed by atoms with Crippen LogP contribution in [0, 0.1) is 0 Å². The summed E-state index contributed by atoms with van der Waals surface area (Å²) in [6, 6.07) is 86.4. The summed E-state index contributed by atoms with van der Waals surface area (Å²) in [7, 11) is 0. The third-order valence-corrected chi connectivity index (χ3v) is 11.8. The molecule has 11 aromatic rings. The first-order valence-corrected chi connectivity index (χ1v) is 20.3. The molecule has 0 amide bonds. The lowest BCUT2D eigenvalue weighted by atomic mass is 9.91. The average Bonchev–Trinajstić information content (AvgIpc) is 3.32. The molecule has 0 fully saturated rings. The van der Waals surface area contributed by atoms with E-state index < -0.39 is 0 Å². The van der Waals surface area contributed by atoms with Gasteiger partial charge in [0.1, 0.15) is 0 Å². The topological polar surface area (TPSA) is 3.24 Å². The van der Waals surface area contributed by atoms with Crippen LogP contribution in [0.2, 0.25) is 0 Å². The maximum atomic E-state index is 2.40. The molecule has 0 atom stereocenters. The molecular weight excluding hydrogens is 711 g/mol. The number of hydrogen-bond donors (Lipinski definition) is 0. The summed E-state index contributed by atoms with van der Waals surface area (Å²) >= 11 is 0. The van der Waals surface area contributed by atoms with Crippen molar-refractivity contribution in [3.63, 3.8) is 0 Å². The van der Waals surface area contributed by atoms with E-state index in [9.17, 15) is 0 Å². The highest BCUT2D eigenvalue weighted by Gasteiger charge is 2.18. The average molecular weight is 750 g/mol. The van der Waals surface area contributed by atoms with Crippen LogP contribution in [-0.2, 0) is 0 Å². The smallest absolute Gasteiger partial charge is 0.0468 e. The van der Waals surface area contributed by atoms with Gasteiger partial charge in [-0.25, -0.2) is 0 Å². The number of benzene rings is 11. The SMILES string of the molecule is c1ccc(-c2ccc(N(c3ccc(-c4ccc5ccccc5c4)cc3)c3ccc4c(ccc5ccccc54)c3)cc2-c2ccc(-c3cccc4ccccc34)cc2)cc1. The summed E-state index contributed by atoms with van der Waals surface area (Å²) in [6.07, 6.45) is 0. The molecule has 0 saturated carbocycles. The normalized spacial score (nSPS) is 11.4. The second kappa shape index (κ2) is 14.6. The molecule has 0 N–H and O–H groups in total. The molecule has 0 unspecified atom stereocenters. The van der Waals surface area contributed by atoms with E-state index in [4.69, 9.17) is 0 Å². The van der Waals surface area contributed by atoms with Gasteiger partial charge in [-0.2, -0.15) is 0 Å². The number of rotatable bonds is 7. The van der Waals surface area contributed by atoms with Crippen molar-refractivity contribution >= 4 is 60.2 Å². The zero-order chi connectivity index (χ0) is 39.1. The molecule has 0 aliphatic heterocycles. The van der Waals surface area contributed by atoms with Crippen LogP contribution in [0.1, 0.15) is 0 Å². The lowest BCUT2D eigenvalue weighted by molar-refractivity contribution is 1.29. The highest BCUT2D eigenvalue weighted by atomic mass is 15.1. The van der Waals surface area contributed by atoms with Crippen LogP contribution in [0.15, 0.2) is 237 Å². The number of nitrogens with zero attached hydrogens (tertiary/aromatic N) is 1. The first-order valence-electron chi connectivity index (χ1n) is 20.3. The number of anilines is 3. The molecule has 276 valence electrons. The number of hydrogen-bond acceptors (Lipinski definition) is 1. The highest BCUT2D eigenvalue weighted by Crippen LogP contribution is 2.43. The van der Waals surface area contributed by atoms with Gasteiger partial charge in [-0.3, -0.25) is 0 Å². The minimum absolute atomic E-state index is 1.09. The van der Waals surface area contributed by atoms with E-state index in [0.717, 1.165) is 17.1 Å². The Kier molecular flexibility index (Phi) is 8.56. The Balaban J connectivity index is 1.06. The summed E-state index contributed by atoms with van der Waals surface area (Å²) < 4.78 is 0. The Bertz CT molecular complexity index is 3300. The van der Waals surface area contributed by atoms with Crippen molar-refractivity contribution in [2.45, 2.75) is 0 Å². The molecule has 0 saturated heterocycles. The van der Waals surface area contributed by atoms with Gasteiger partial charge in [-0.05, 0) is 130 Å². The first kappa shape index (κ1) is 34.5. The summed E-state index contributed by atoms with van der Waals surface area (Å²) in [5.74, 6) is 0. The molecule has 0 aliphatic rings. The maximum Gasteiger partial charge on any atom is 0.0468 e. The van der Waals surface area contributed by atoms with Gasteiger partial charge in [-0.15, -0.1) is 0 Å². The van der Waals surface area contributed by atoms with Crippen molar-refractivity contribution in [1.29, 1.82) is 0 Å². The Labute approximate surface area is 344 Å². The lowest BCUT2D eigenvalue weighted by Crippen LogP contribution is -2.10. The standard InChI is InChI=1S/C58H39N/c1-2-12-42(13-3-1)56-35-34-52(39-58(56)46-24-22-45(23-25-46)55-20-10-17-43-14-6-8-18-53(43)55)59(51-33-36-57-49(38-51)28-26-44-15-7-9-19-54(44)57)50-31-29-41(30-32-50)48-27-21-40-11-4-5-16-47(40)37-48/h1-39H. The minimum Gasteiger partial charge on any atom is -0.310 e. The molecule has 11 rings (SSSR count). The summed E-state index contributed by atoms with van der Waals surface area (Å²) in [5.41, 5.74) is 12.9. The van der Waals surface area contributed by atoms with E-state index in [0.29, 0.717) is 0 Å². The van der Waals surface area contributed by atoms with E-state index >= 15 is 0 Å². The second-order valence-electron chi connectivity index (χ2n) is 15.3. The second-order valence-corrected chi connectivity index (χ2v) is 15.3. The van der Waals surface area contributed by atoms with Crippen LogP contribution in [0.3, 0.4) is 0 Å². The summed E-state index contributed by atoms with van der Waals surface area (Å²) in [5, 5.41) is 10.00. The fourth-order valence-corrected chi connectivity index (χ4v) is 8.84. The van der Waals surface area contributed by atoms with Gasteiger partial charge in [0.2, 0.25) is 0 Å². The molecule has 0 aromatic heterocycles. The summed E-state index contributed by atoms with van der Waals surface area (Å²) in [4.78, 5) is 2.40. The molecule has 1 heteroatoms. The van der Waals surface area contributed by atoms with E-state index in [2.05, 4.69) is 241 Å². The van der Waals surface area contributed by atoms with Crippen LogP contribution < -0.4 is 4.90 Å². The van der Waals surface area contributed by atoms with Crippen LogP contribution in [0.25, 0.3) is 87.6 Å². The predicted octanol–water partition coefficient (Wildman–Crippen LogP) is 16.4. The van der Waals surface area contributed by atoms with Crippen molar-refractivity contribution in [3.05, 3.63) is 237 Å². The Morgan fingerprint density at radius 1 is 0.203 bits per heavy atom. The Hall–Kier alpha value is -7.74. The van der Waals surface area contributed by atoms with E-state index in [1.54, 1.807) is 0 Å². The highest BCUT2D eigenvalue weighted by molar-refractivity contribution is 6.08. The maximum absolute atomic E-state index is 2.40. The Morgan fingerprint density at radius 3 is 1.51 bits per heavy atom. The van der Waals surface area contributed by atoms with Gasteiger partial charge in [0, 0.05) is 17.1 Å². The molecule has 1 nitrogen and oxygen atoms in total. The van der Waals surface area contributed by atoms with Gasteiger partial charge >= 0.3 is 0 Å². The van der Waals surface area contributed by atoms with E-state index in [-0.39, 0.29) is 0 Å². The van der Waals surface area contributed by atoms with Crippen molar-refractivity contribution in [2.24, 2.45) is 0 Å². The van der Waals surface area contributed by atoms with Gasteiger partial charge < -0.3 is 4.90 Å². The zero-order valence-corrected chi connectivity index (χ0v) is 32.5. The molecule has 11 aromatic carbocycles. The fourth-order valence-electron chi connectivity index (χ4n) is 8.84. The third kappa shape index (κ3) is 6.40. The minimum atomic E-state index is 1.09. The molecule has 0 radical (unpaired) electrons. The molecule has 0 aliphatic carbocycles. The molecule has 0 spiro atoms. The van der Waals surface area contributed by atoms with Crippen LogP contribution in [0.5, 0.6) is 0 Å². The monoisotopic (exact) mass is 749 g/mol.